The number of benzene rings is 3. The number of furan rings is 1. The summed E-state index contributed by atoms with van der Waals surface area (Å²) in [5.41, 5.74) is 3.26. The predicted molar refractivity (Wildman–Crippen MR) is 148 cm³/mol. The highest BCUT2D eigenvalue weighted by Crippen LogP contribution is 2.47. The van der Waals surface area contributed by atoms with Gasteiger partial charge >= 0.3 is 11.9 Å². The highest BCUT2D eigenvalue weighted by atomic mass is 32.2. The first-order valence-corrected chi connectivity index (χ1v) is 13.8. The van der Waals surface area contributed by atoms with Crippen LogP contribution in [0.2, 0.25) is 0 Å². The quantitative estimate of drug-likeness (QED) is 0.246. The van der Waals surface area contributed by atoms with E-state index in [0.717, 1.165) is 5.56 Å². The van der Waals surface area contributed by atoms with Crippen molar-refractivity contribution in [1.82, 2.24) is 3.97 Å². The minimum atomic E-state index is -4.21. The minimum Gasteiger partial charge on any atom is -0.487 e. The Morgan fingerprint density at radius 1 is 1.07 bits per heavy atom. The summed E-state index contributed by atoms with van der Waals surface area (Å²) in [5, 5.41) is 9.62. The van der Waals surface area contributed by atoms with Crippen LogP contribution in [0.5, 0.6) is 0 Å². The zero-order valence-corrected chi connectivity index (χ0v) is 22.0. The van der Waals surface area contributed by atoms with Gasteiger partial charge in [0.25, 0.3) is 10.0 Å². The first kappa shape index (κ1) is 25.4. The molecule has 0 unspecified atom stereocenters. The van der Waals surface area contributed by atoms with Crippen LogP contribution in [0.15, 0.2) is 88.4 Å². The average Bonchev–Trinajstić information content (AvgIpc) is 3.50. The second kappa shape index (κ2) is 9.39. The summed E-state index contributed by atoms with van der Waals surface area (Å²) < 4.78 is 49.8. The van der Waals surface area contributed by atoms with E-state index in [1.807, 2.05) is 17.9 Å². The summed E-state index contributed by atoms with van der Waals surface area (Å²) in [4.78, 5) is 16.8. The van der Waals surface area contributed by atoms with Crippen LogP contribution in [-0.4, -0.2) is 36.6 Å². The summed E-state index contributed by atoms with van der Waals surface area (Å²) in [6.45, 7) is 10.1. The average molecular weight is 556 g/mol. The number of aryl methyl sites for hydroxylation is 1. The minimum absolute atomic E-state index is 0.0490. The van der Waals surface area contributed by atoms with Crippen LogP contribution in [-0.2, 0) is 14.8 Å². The predicted octanol–water partition coefficient (Wildman–Crippen LogP) is 6.32. The highest BCUT2D eigenvalue weighted by molar-refractivity contribution is 7.90. The van der Waals surface area contributed by atoms with Crippen LogP contribution in [0.4, 0.5) is 16.0 Å². The Balaban J connectivity index is 1.68. The van der Waals surface area contributed by atoms with Crippen molar-refractivity contribution in [2.75, 3.05) is 18.0 Å². The molecule has 8 nitrogen and oxygen atoms in total. The van der Waals surface area contributed by atoms with E-state index in [0.29, 0.717) is 40.9 Å². The standard InChI is InChI=1S/C30H22FN3O5S/c1-18-6-9-23(10-7-18)40(37,38)34-26-11-8-21(31)15-25(26)27(24-12-13-39-29(24)32-2)28(34)19-4-3-5-22(14-19)33-16-20(17-33)30(35)36/h3-15,20H,16-17H2,1H3,(H,35,36). The van der Waals surface area contributed by atoms with Gasteiger partial charge < -0.3 is 14.4 Å². The van der Waals surface area contributed by atoms with Gasteiger partial charge in [0.2, 0.25) is 0 Å². The van der Waals surface area contributed by atoms with Crippen LogP contribution in [0.25, 0.3) is 38.1 Å². The number of hydrogen-bond donors (Lipinski definition) is 1. The number of rotatable bonds is 6. The SMILES string of the molecule is [C-]#[N+]c1occc1-c1c(-c2cccc(N3CC(C(=O)O)C3)c2)n(S(=O)(=O)c2ccc(C)cc2)c2ccc(F)cc12. The lowest BCUT2D eigenvalue weighted by Crippen LogP contribution is -2.50. The van der Waals surface area contributed by atoms with Gasteiger partial charge in [-0.2, -0.15) is 4.85 Å². The maximum Gasteiger partial charge on any atom is 0.353 e. The Hall–Kier alpha value is -4.88. The summed E-state index contributed by atoms with van der Waals surface area (Å²) >= 11 is 0. The topological polar surface area (TPSA) is 97.1 Å². The zero-order valence-electron chi connectivity index (χ0n) is 21.2. The smallest absolute Gasteiger partial charge is 0.353 e. The number of hydrogen-bond acceptors (Lipinski definition) is 5. The molecule has 0 bridgehead atoms. The van der Waals surface area contributed by atoms with Crippen molar-refractivity contribution in [3.63, 3.8) is 0 Å². The van der Waals surface area contributed by atoms with Gasteiger partial charge in [-0.15, -0.1) is 0 Å². The number of fused-ring (bicyclic) bond motifs is 1. The molecule has 0 spiro atoms. The molecular weight excluding hydrogens is 533 g/mol. The lowest BCUT2D eigenvalue weighted by atomic mass is 9.97. The van der Waals surface area contributed by atoms with E-state index < -0.39 is 27.7 Å². The number of carbonyl (C=O) groups is 1. The number of carboxylic acid groups (broad SMARTS) is 1. The first-order chi connectivity index (χ1) is 19.2. The Morgan fingerprint density at radius 2 is 1.82 bits per heavy atom. The summed E-state index contributed by atoms with van der Waals surface area (Å²) in [6.07, 6.45) is 1.34. The molecular formula is C30H22FN3O5S. The summed E-state index contributed by atoms with van der Waals surface area (Å²) in [7, 11) is -4.21. The molecule has 1 N–H and O–H groups in total. The van der Waals surface area contributed by atoms with E-state index in [-0.39, 0.29) is 22.0 Å². The molecule has 2 aromatic heterocycles. The molecule has 1 aliphatic heterocycles. The first-order valence-electron chi connectivity index (χ1n) is 12.4. The van der Waals surface area contributed by atoms with Gasteiger partial charge in [0.15, 0.2) is 0 Å². The van der Waals surface area contributed by atoms with Crippen molar-refractivity contribution in [3.8, 4) is 22.4 Å². The number of aromatic nitrogens is 1. The maximum atomic E-state index is 14.7. The molecule has 0 aliphatic carbocycles. The van der Waals surface area contributed by atoms with Gasteiger partial charge in [0, 0.05) is 40.9 Å². The molecule has 0 atom stereocenters. The van der Waals surface area contributed by atoms with Crippen molar-refractivity contribution >= 4 is 38.5 Å². The molecule has 0 saturated carbocycles. The van der Waals surface area contributed by atoms with Gasteiger partial charge in [0.05, 0.1) is 34.9 Å². The number of nitrogens with zero attached hydrogens (tertiary/aromatic N) is 3. The second-order valence-electron chi connectivity index (χ2n) is 9.71. The molecule has 6 rings (SSSR count). The van der Waals surface area contributed by atoms with E-state index in [1.165, 1.54) is 40.6 Å². The number of halogens is 1. The third-order valence-electron chi connectivity index (χ3n) is 7.18. The van der Waals surface area contributed by atoms with Gasteiger partial charge in [-0.3, -0.25) is 4.79 Å². The highest BCUT2D eigenvalue weighted by Gasteiger charge is 2.34. The Morgan fingerprint density at radius 3 is 2.52 bits per heavy atom. The largest absolute Gasteiger partial charge is 0.487 e. The molecule has 200 valence electrons. The van der Waals surface area contributed by atoms with E-state index in [2.05, 4.69) is 4.85 Å². The molecule has 1 saturated heterocycles. The van der Waals surface area contributed by atoms with Gasteiger partial charge in [-0.1, -0.05) is 29.8 Å². The number of aliphatic carboxylic acids is 1. The lowest BCUT2D eigenvalue weighted by molar-refractivity contribution is -0.142. The monoisotopic (exact) mass is 555 g/mol. The summed E-state index contributed by atoms with van der Waals surface area (Å²) in [5.74, 6) is -1.97. The fourth-order valence-electron chi connectivity index (χ4n) is 5.11. The summed E-state index contributed by atoms with van der Waals surface area (Å²) in [6, 6.07) is 19.0. The fourth-order valence-corrected chi connectivity index (χ4v) is 6.65. The van der Waals surface area contributed by atoms with Crippen molar-refractivity contribution < 1.29 is 27.1 Å². The molecule has 10 heteroatoms. The molecule has 0 radical (unpaired) electrons. The second-order valence-corrected chi connectivity index (χ2v) is 11.5. The van der Waals surface area contributed by atoms with Crippen molar-refractivity contribution in [2.45, 2.75) is 11.8 Å². The van der Waals surface area contributed by atoms with E-state index in [4.69, 9.17) is 11.0 Å². The van der Waals surface area contributed by atoms with Crippen LogP contribution < -0.4 is 4.90 Å². The van der Waals surface area contributed by atoms with Crippen LogP contribution in [0, 0.1) is 25.2 Å². The van der Waals surface area contributed by atoms with E-state index in [1.54, 1.807) is 36.4 Å². The molecule has 40 heavy (non-hydrogen) atoms. The van der Waals surface area contributed by atoms with Gasteiger partial charge in [-0.25, -0.2) is 16.8 Å². The third-order valence-corrected chi connectivity index (χ3v) is 8.90. The zero-order chi connectivity index (χ0) is 28.2. The van der Waals surface area contributed by atoms with Crippen LogP contribution in [0.1, 0.15) is 5.56 Å². The molecule has 3 aromatic carbocycles. The Bertz CT molecular complexity index is 1950. The fraction of sp³-hybridized carbons (Fsp3) is 0.133. The molecule has 1 aliphatic rings. The Labute approximate surface area is 229 Å². The van der Waals surface area contributed by atoms with Crippen molar-refractivity contribution in [1.29, 1.82) is 0 Å². The molecule has 3 heterocycles. The Kier molecular flexibility index (Phi) is 5.97. The van der Waals surface area contributed by atoms with Crippen LogP contribution >= 0.6 is 0 Å². The molecule has 5 aromatic rings. The normalized spacial score (nSPS) is 13.8. The molecule has 1 fully saturated rings. The van der Waals surface area contributed by atoms with Crippen molar-refractivity contribution in [3.05, 3.63) is 102 Å². The molecule has 0 amide bonds. The number of anilines is 1. The number of carboxylic acids is 1. The third kappa shape index (κ3) is 4.03. The van der Waals surface area contributed by atoms with Crippen molar-refractivity contribution in [2.24, 2.45) is 5.92 Å². The van der Waals surface area contributed by atoms with Gasteiger partial charge in [0.1, 0.15) is 5.82 Å². The van der Waals surface area contributed by atoms with Crippen LogP contribution in [0.3, 0.4) is 0 Å². The maximum absolute atomic E-state index is 14.7. The van der Waals surface area contributed by atoms with Gasteiger partial charge in [-0.05, 0) is 55.5 Å². The van der Waals surface area contributed by atoms with E-state index in [9.17, 15) is 22.7 Å². The van der Waals surface area contributed by atoms with E-state index >= 15 is 0 Å². The lowest BCUT2D eigenvalue weighted by Gasteiger charge is -2.38.